The van der Waals surface area contributed by atoms with Crippen molar-refractivity contribution in [2.24, 2.45) is 0 Å². The summed E-state index contributed by atoms with van der Waals surface area (Å²) >= 11 is 6.48. The lowest BCUT2D eigenvalue weighted by atomic mass is 9.97. The maximum Gasteiger partial charge on any atom is 0.416 e. The zero-order valence-electron chi connectivity index (χ0n) is 28.9. The maximum absolute atomic E-state index is 13.7. The molecule has 0 aliphatic carbocycles. The van der Waals surface area contributed by atoms with Crippen LogP contribution in [0.25, 0.3) is 17.2 Å². The molecule has 9 nitrogen and oxygen atoms in total. The van der Waals surface area contributed by atoms with Crippen LogP contribution < -0.4 is 14.2 Å². The number of alkyl halides is 6. The van der Waals surface area contributed by atoms with E-state index in [0.717, 1.165) is 31.4 Å². The van der Waals surface area contributed by atoms with E-state index < -0.39 is 35.4 Å². The van der Waals surface area contributed by atoms with Crippen molar-refractivity contribution in [2.45, 2.75) is 31.6 Å². The van der Waals surface area contributed by atoms with Gasteiger partial charge in [-0.1, -0.05) is 36.1 Å². The van der Waals surface area contributed by atoms with Crippen molar-refractivity contribution >= 4 is 46.3 Å². The van der Waals surface area contributed by atoms with Crippen LogP contribution in [0.1, 0.15) is 35.1 Å². The Bertz CT molecular complexity index is 1850. The van der Waals surface area contributed by atoms with Gasteiger partial charge in [0.1, 0.15) is 10.1 Å². The first kappa shape index (κ1) is 40.9. The molecule has 1 N–H and O–H groups in total. The van der Waals surface area contributed by atoms with Gasteiger partial charge in [-0.05, 0) is 78.1 Å². The van der Waals surface area contributed by atoms with E-state index in [1.807, 2.05) is 0 Å². The highest BCUT2D eigenvalue weighted by Gasteiger charge is 2.37. The van der Waals surface area contributed by atoms with Crippen molar-refractivity contribution in [3.05, 3.63) is 81.8 Å². The number of methoxy groups -OCH3 is 1. The minimum atomic E-state index is -5.03. The van der Waals surface area contributed by atoms with Gasteiger partial charge in [0, 0.05) is 31.7 Å². The standard InChI is InChI=1S/C37H36F6N2O7S2/c1-49-30-6-4-23(17-33(46)47)16-31(30)52-13-3-9-45-34(48)32(54-35(45)53)21-26-18-24(5-7-29(26)51-12-2-8-44-10-14-50-15-11-44)25-19-27(36(38,39)40)22-28(20-25)37(41,42)43/h4-7,16,18-22H,2-3,8-15,17H2,1H3,(H,46,47)/b32-21-. The Morgan fingerprint density at radius 3 is 2.13 bits per heavy atom. The van der Waals surface area contributed by atoms with Crippen LogP contribution in [0.5, 0.6) is 17.2 Å². The Morgan fingerprint density at radius 2 is 1.50 bits per heavy atom. The number of aliphatic carboxylic acids is 1. The Hall–Kier alpha value is -4.32. The molecular formula is C37H36F6N2O7S2. The van der Waals surface area contributed by atoms with E-state index in [1.165, 1.54) is 36.3 Å². The number of carbonyl (C=O) groups excluding carboxylic acids is 1. The van der Waals surface area contributed by atoms with Crippen molar-refractivity contribution < 1.29 is 60.0 Å². The topological polar surface area (TPSA) is 97.8 Å². The molecule has 2 heterocycles. The lowest BCUT2D eigenvalue weighted by Gasteiger charge is -2.26. The molecule has 2 saturated heterocycles. The molecule has 1 amide bonds. The summed E-state index contributed by atoms with van der Waals surface area (Å²) in [7, 11) is 1.45. The van der Waals surface area contributed by atoms with E-state index >= 15 is 0 Å². The minimum Gasteiger partial charge on any atom is -0.493 e. The number of rotatable bonds is 15. The number of amides is 1. The van der Waals surface area contributed by atoms with Gasteiger partial charge in [0.05, 0.1) is 56.0 Å². The van der Waals surface area contributed by atoms with Crippen LogP contribution >= 0.6 is 24.0 Å². The van der Waals surface area contributed by atoms with Crippen molar-refractivity contribution in [3.63, 3.8) is 0 Å². The summed E-state index contributed by atoms with van der Waals surface area (Å²) in [6.45, 7) is 4.08. The first-order valence-corrected chi connectivity index (χ1v) is 18.0. The number of thioether (sulfide) groups is 1. The largest absolute Gasteiger partial charge is 0.493 e. The quantitative estimate of drug-likeness (QED) is 0.0711. The van der Waals surface area contributed by atoms with Crippen LogP contribution in [0.4, 0.5) is 26.3 Å². The second-order valence-corrected chi connectivity index (χ2v) is 14.0. The molecule has 0 radical (unpaired) electrons. The smallest absolute Gasteiger partial charge is 0.416 e. The summed E-state index contributed by atoms with van der Waals surface area (Å²) in [5.41, 5.74) is -2.39. The van der Waals surface area contributed by atoms with E-state index in [-0.39, 0.29) is 63.9 Å². The first-order chi connectivity index (χ1) is 25.6. The summed E-state index contributed by atoms with van der Waals surface area (Å²) in [4.78, 5) is 28.5. The number of carboxylic acid groups (broad SMARTS) is 1. The van der Waals surface area contributed by atoms with Crippen molar-refractivity contribution in [1.82, 2.24) is 9.80 Å². The van der Waals surface area contributed by atoms with Crippen molar-refractivity contribution in [3.8, 4) is 28.4 Å². The molecule has 0 bridgehead atoms. The molecular weight excluding hydrogens is 763 g/mol. The summed E-state index contributed by atoms with van der Waals surface area (Å²) < 4.78 is 105. The van der Waals surface area contributed by atoms with Gasteiger partial charge in [0.2, 0.25) is 0 Å². The average Bonchev–Trinajstić information content (AvgIpc) is 3.39. The second-order valence-electron chi connectivity index (χ2n) is 12.3. The van der Waals surface area contributed by atoms with Gasteiger partial charge in [-0.25, -0.2) is 0 Å². The van der Waals surface area contributed by atoms with Crippen molar-refractivity contribution in [1.29, 1.82) is 0 Å². The summed E-state index contributed by atoms with van der Waals surface area (Å²) in [6, 6.07) is 10.4. The van der Waals surface area contributed by atoms with Gasteiger partial charge in [-0.2, -0.15) is 26.3 Å². The van der Waals surface area contributed by atoms with Crippen LogP contribution in [0, 0.1) is 0 Å². The van der Waals surface area contributed by atoms with Gasteiger partial charge < -0.3 is 24.1 Å². The summed E-state index contributed by atoms with van der Waals surface area (Å²) in [6.07, 6.45) is -7.84. The molecule has 0 aromatic heterocycles. The van der Waals surface area contributed by atoms with E-state index in [4.69, 9.17) is 36.3 Å². The molecule has 0 saturated carbocycles. The molecule has 2 fully saturated rings. The third-order valence-electron chi connectivity index (χ3n) is 8.44. The van der Waals surface area contributed by atoms with E-state index in [0.29, 0.717) is 55.3 Å². The third kappa shape index (κ3) is 10.9. The molecule has 5 rings (SSSR count). The van der Waals surface area contributed by atoms with Gasteiger partial charge in [-0.3, -0.25) is 19.4 Å². The van der Waals surface area contributed by atoms with Crippen LogP contribution in [-0.2, 0) is 33.1 Å². The number of hydrogen-bond donors (Lipinski definition) is 1. The number of hydrogen-bond acceptors (Lipinski definition) is 9. The normalized spacial score (nSPS) is 16.3. The lowest BCUT2D eigenvalue weighted by molar-refractivity contribution is -0.143. The van der Waals surface area contributed by atoms with Crippen LogP contribution in [-0.4, -0.2) is 90.8 Å². The summed E-state index contributed by atoms with van der Waals surface area (Å²) in [5.74, 6) is -0.440. The minimum absolute atomic E-state index is 0.0500. The number of halogens is 6. The highest BCUT2D eigenvalue weighted by atomic mass is 32.2. The first-order valence-electron chi connectivity index (χ1n) is 16.8. The predicted octanol–water partition coefficient (Wildman–Crippen LogP) is 7.80. The molecule has 0 unspecified atom stereocenters. The Kier molecular flexibility index (Phi) is 13.5. The number of carbonyl (C=O) groups is 2. The number of benzene rings is 3. The lowest BCUT2D eigenvalue weighted by Crippen LogP contribution is -2.37. The third-order valence-corrected chi connectivity index (χ3v) is 9.82. The molecule has 2 aliphatic heterocycles. The monoisotopic (exact) mass is 798 g/mol. The molecule has 54 heavy (non-hydrogen) atoms. The van der Waals surface area contributed by atoms with Crippen molar-refractivity contribution in [2.75, 3.05) is 59.7 Å². The van der Waals surface area contributed by atoms with Crippen LogP contribution in [0.2, 0.25) is 0 Å². The fraction of sp³-hybridized carbons (Fsp3) is 0.378. The second kappa shape index (κ2) is 17.9. The van der Waals surface area contributed by atoms with Crippen LogP contribution in [0.3, 0.4) is 0 Å². The zero-order valence-corrected chi connectivity index (χ0v) is 30.6. The van der Waals surface area contributed by atoms with E-state index in [9.17, 15) is 35.9 Å². The number of thiocarbonyl (C=S) groups is 1. The molecule has 3 aromatic rings. The van der Waals surface area contributed by atoms with Gasteiger partial charge in [-0.15, -0.1) is 0 Å². The van der Waals surface area contributed by atoms with Gasteiger partial charge in [0.25, 0.3) is 5.91 Å². The number of carboxylic acids is 1. The fourth-order valence-electron chi connectivity index (χ4n) is 5.75. The summed E-state index contributed by atoms with van der Waals surface area (Å²) in [5, 5.41) is 9.12. The molecule has 17 heteroatoms. The highest BCUT2D eigenvalue weighted by Crippen LogP contribution is 2.41. The number of nitrogens with zero attached hydrogens (tertiary/aromatic N) is 2. The molecule has 3 aromatic carbocycles. The Balaban J connectivity index is 1.36. The molecule has 0 spiro atoms. The highest BCUT2D eigenvalue weighted by molar-refractivity contribution is 8.26. The molecule has 0 atom stereocenters. The van der Waals surface area contributed by atoms with E-state index in [1.54, 1.807) is 18.2 Å². The maximum atomic E-state index is 13.7. The molecule has 290 valence electrons. The van der Waals surface area contributed by atoms with E-state index in [2.05, 4.69) is 4.90 Å². The number of morpholine rings is 1. The predicted molar refractivity (Wildman–Crippen MR) is 194 cm³/mol. The molecule has 2 aliphatic rings. The SMILES string of the molecule is COc1ccc(CC(=O)O)cc1OCCCN1C(=O)/C(=C/c2cc(-c3cc(C(F)(F)F)cc(C(F)(F)F)c3)ccc2OCCCN2CCOCC2)SC1=S. The Labute approximate surface area is 316 Å². The zero-order chi connectivity index (χ0) is 39.0. The van der Waals surface area contributed by atoms with Gasteiger partial charge in [0.15, 0.2) is 11.5 Å². The Morgan fingerprint density at radius 1 is 0.870 bits per heavy atom. The number of ether oxygens (including phenoxy) is 4. The van der Waals surface area contributed by atoms with Gasteiger partial charge >= 0.3 is 18.3 Å². The fourth-order valence-corrected chi connectivity index (χ4v) is 7.05. The van der Waals surface area contributed by atoms with Crippen LogP contribution in [0.15, 0.2) is 59.5 Å². The average molecular weight is 799 g/mol.